The average Bonchev–Trinajstić information content (AvgIpc) is 2.47. The van der Waals surface area contributed by atoms with E-state index in [1.807, 2.05) is 24.3 Å². The first kappa shape index (κ1) is 12.3. The Morgan fingerprint density at radius 1 is 1.05 bits per heavy atom. The van der Waals surface area contributed by atoms with Gasteiger partial charge in [-0.2, -0.15) is 0 Å². The summed E-state index contributed by atoms with van der Waals surface area (Å²) in [7, 11) is 0. The lowest BCUT2D eigenvalue weighted by Gasteiger charge is -2.05. The summed E-state index contributed by atoms with van der Waals surface area (Å²) in [6, 6.07) is 13.7. The summed E-state index contributed by atoms with van der Waals surface area (Å²) in [4.78, 5) is 14.8. The highest BCUT2D eigenvalue weighted by molar-refractivity contribution is 5.88. The SMILES string of the molecule is O=CNc1ccc2ncc(-c3cccc(F)c3)cc2c1. The molecule has 0 fully saturated rings. The van der Waals surface area contributed by atoms with Gasteiger partial charge < -0.3 is 5.32 Å². The first-order valence-corrected chi connectivity index (χ1v) is 6.12. The number of aromatic nitrogens is 1. The lowest BCUT2D eigenvalue weighted by atomic mass is 10.1. The Hall–Kier alpha value is -2.75. The van der Waals surface area contributed by atoms with Gasteiger partial charge in [-0.1, -0.05) is 12.1 Å². The molecular formula is C16H11FN2O. The number of anilines is 1. The van der Waals surface area contributed by atoms with Crippen LogP contribution in [-0.4, -0.2) is 11.4 Å². The molecule has 98 valence electrons. The molecule has 2 aromatic carbocycles. The molecule has 0 spiro atoms. The number of nitrogens with one attached hydrogen (secondary N) is 1. The molecular weight excluding hydrogens is 255 g/mol. The van der Waals surface area contributed by atoms with Crippen LogP contribution >= 0.6 is 0 Å². The summed E-state index contributed by atoms with van der Waals surface area (Å²) < 4.78 is 13.3. The van der Waals surface area contributed by atoms with Gasteiger partial charge in [0.25, 0.3) is 0 Å². The summed E-state index contributed by atoms with van der Waals surface area (Å²) >= 11 is 0. The lowest BCUT2D eigenvalue weighted by molar-refractivity contribution is -0.105. The highest BCUT2D eigenvalue weighted by Gasteiger charge is 2.03. The minimum absolute atomic E-state index is 0.279. The van der Waals surface area contributed by atoms with Gasteiger partial charge in [-0.3, -0.25) is 9.78 Å². The first-order chi connectivity index (χ1) is 9.76. The number of hydrogen-bond donors (Lipinski definition) is 1. The van der Waals surface area contributed by atoms with Crippen LogP contribution in [0.2, 0.25) is 0 Å². The van der Waals surface area contributed by atoms with E-state index in [1.165, 1.54) is 12.1 Å². The van der Waals surface area contributed by atoms with Crippen LogP contribution < -0.4 is 5.32 Å². The Morgan fingerprint density at radius 2 is 1.95 bits per heavy atom. The number of carbonyl (C=O) groups is 1. The fourth-order valence-corrected chi connectivity index (χ4v) is 2.12. The zero-order valence-electron chi connectivity index (χ0n) is 10.5. The van der Waals surface area contributed by atoms with Crippen LogP contribution in [-0.2, 0) is 4.79 Å². The molecule has 0 saturated heterocycles. The van der Waals surface area contributed by atoms with Crippen molar-refractivity contribution < 1.29 is 9.18 Å². The standard InChI is InChI=1S/C16H11FN2O/c17-14-3-1-2-11(7-14)13-6-12-8-15(19-10-20)4-5-16(12)18-9-13/h1-10H,(H,19,20). The van der Waals surface area contributed by atoms with Gasteiger partial charge in [0.2, 0.25) is 6.41 Å². The Bertz CT molecular complexity index is 786. The van der Waals surface area contributed by atoms with Crippen LogP contribution in [0.3, 0.4) is 0 Å². The highest BCUT2D eigenvalue weighted by atomic mass is 19.1. The quantitative estimate of drug-likeness (QED) is 0.736. The monoisotopic (exact) mass is 266 g/mol. The zero-order valence-corrected chi connectivity index (χ0v) is 10.5. The van der Waals surface area contributed by atoms with Crippen molar-refractivity contribution >= 4 is 23.0 Å². The number of rotatable bonds is 3. The van der Waals surface area contributed by atoms with Crippen LogP contribution in [0, 0.1) is 5.82 Å². The first-order valence-electron chi connectivity index (χ1n) is 6.12. The second kappa shape index (κ2) is 5.09. The van der Waals surface area contributed by atoms with Crippen LogP contribution in [0.4, 0.5) is 10.1 Å². The van der Waals surface area contributed by atoms with E-state index in [9.17, 15) is 9.18 Å². The van der Waals surface area contributed by atoms with E-state index in [0.717, 1.165) is 22.0 Å². The molecule has 0 bridgehead atoms. The molecule has 3 nitrogen and oxygen atoms in total. The van der Waals surface area contributed by atoms with Crippen molar-refractivity contribution in [2.24, 2.45) is 0 Å². The van der Waals surface area contributed by atoms with Crippen molar-refractivity contribution in [2.75, 3.05) is 5.32 Å². The number of amides is 1. The number of halogens is 1. The predicted molar refractivity (Wildman–Crippen MR) is 76.8 cm³/mol. The van der Waals surface area contributed by atoms with Crippen molar-refractivity contribution in [1.82, 2.24) is 4.98 Å². The fraction of sp³-hybridized carbons (Fsp3) is 0. The van der Waals surface area contributed by atoms with Gasteiger partial charge in [-0.15, -0.1) is 0 Å². The van der Waals surface area contributed by atoms with E-state index in [-0.39, 0.29) is 5.82 Å². The molecule has 0 saturated carbocycles. The number of hydrogen-bond acceptors (Lipinski definition) is 2. The number of benzene rings is 2. The molecule has 1 heterocycles. The molecule has 1 aromatic heterocycles. The molecule has 0 radical (unpaired) electrons. The Balaban J connectivity index is 2.11. The summed E-state index contributed by atoms with van der Waals surface area (Å²) in [6.45, 7) is 0. The number of pyridine rings is 1. The topological polar surface area (TPSA) is 42.0 Å². The van der Waals surface area contributed by atoms with E-state index in [4.69, 9.17) is 0 Å². The number of carbonyl (C=O) groups excluding carboxylic acids is 1. The van der Waals surface area contributed by atoms with Gasteiger partial charge in [-0.25, -0.2) is 4.39 Å². The average molecular weight is 266 g/mol. The molecule has 20 heavy (non-hydrogen) atoms. The molecule has 0 aliphatic rings. The zero-order chi connectivity index (χ0) is 13.9. The number of nitrogens with zero attached hydrogens (tertiary/aromatic N) is 1. The maximum Gasteiger partial charge on any atom is 0.211 e. The highest BCUT2D eigenvalue weighted by Crippen LogP contribution is 2.25. The Kier molecular flexibility index (Phi) is 3.13. The molecule has 3 aromatic rings. The van der Waals surface area contributed by atoms with E-state index in [0.29, 0.717) is 12.1 Å². The second-order valence-electron chi connectivity index (χ2n) is 4.40. The predicted octanol–water partition coefficient (Wildman–Crippen LogP) is 3.61. The van der Waals surface area contributed by atoms with Gasteiger partial charge in [0.05, 0.1) is 5.52 Å². The van der Waals surface area contributed by atoms with Gasteiger partial charge in [0.1, 0.15) is 5.82 Å². The van der Waals surface area contributed by atoms with Crippen molar-refractivity contribution in [1.29, 1.82) is 0 Å². The van der Waals surface area contributed by atoms with Crippen LogP contribution in [0.5, 0.6) is 0 Å². The van der Waals surface area contributed by atoms with Crippen molar-refractivity contribution in [2.45, 2.75) is 0 Å². The van der Waals surface area contributed by atoms with E-state index < -0.39 is 0 Å². The second-order valence-corrected chi connectivity index (χ2v) is 4.40. The van der Waals surface area contributed by atoms with E-state index in [2.05, 4.69) is 10.3 Å². The number of fused-ring (bicyclic) bond motifs is 1. The smallest absolute Gasteiger partial charge is 0.211 e. The molecule has 0 atom stereocenters. The van der Waals surface area contributed by atoms with Crippen molar-refractivity contribution in [3.8, 4) is 11.1 Å². The van der Waals surface area contributed by atoms with Gasteiger partial charge >= 0.3 is 0 Å². The van der Waals surface area contributed by atoms with Gasteiger partial charge in [-0.05, 0) is 42.0 Å². The van der Waals surface area contributed by atoms with Crippen LogP contribution in [0.1, 0.15) is 0 Å². The molecule has 0 aliphatic carbocycles. The summed E-state index contributed by atoms with van der Waals surface area (Å²) in [5.41, 5.74) is 3.13. The third kappa shape index (κ3) is 2.36. The fourth-order valence-electron chi connectivity index (χ4n) is 2.12. The third-order valence-electron chi connectivity index (χ3n) is 3.06. The molecule has 1 amide bonds. The maximum absolute atomic E-state index is 13.3. The third-order valence-corrected chi connectivity index (χ3v) is 3.06. The molecule has 3 rings (SSSR count). The molecule has 0 aliphatic heterocycles. The van der Waals surface area contributed by atoms with E-state index in [1.54, 1.807) is 18.3 Å². The Morgan fingerprint density at radius 3 is 2.75 bits per heavy atom. The summed E-state index contributed by atoms with van der Waals surface area (Å²) in [5, 5.41) is 3.49. The Labute approximate surface area is 115 Å². The summed E-state index contributed by atoms with van der Waals surface area (Å²) in [6.07, 6.45) is 2.34. The largest absolute Gasteiger partial charge is 0.329 e. The van der Waals surface area contributed by atoms with Crippen LogP contribution in [0.25, 0.3) is 22.0 Å². The minimum atomic E-state index is -0.279. The normalized spacial score (nSPS) is 10.4. The lowest BCUT2D eigenvalue weighted by Crippen LogP contribution is -1.93. The van der Waals surface area contributed by atoms with Crippen molar-refractivity contribution in [3.05, 3.63) is 60.5 Å². The minimum Gasteiger partial charge on any atom is -0.329 e. The molecule has 1 N–H and O–H groups in total. The van der Waals surface area contributed by atoms with Gasteiger partial charge in [0.15, 0.2) is 0 Å². The van der Waals surface area contributed by atoms with Gasteiger partial charge in [0, 0.05) is 22.8 Å². The van der Waals surface area contributed by atoms with Crippen molar-refractivity contribution in [3.63, 3.8) is 0 Å². The maximum atomic E-state index is 13.3. The van der Waals surface area contributed by atoms with E-state index >= 15 is 0 Å². The molecule has 4 heteroatoms. The molecule has 0 unspecified atom stereocenters. The van der Waals surface area contributed by atoms with Crippen LogP contribution in [0.15, 0.2) is 54.7 Å². The summed E-state index contributed by atoms with van der Waals surface area (Å²) in [5.74, 6) is -0.279.